The molecule has 0 aromatic heterocycles. The topological polar surface area (TPSA) is 49.4 Å². The van der Waals surface area contributed by atoms with Crippen LogP contribution in [-0.2, 0) is 9.59 Å². The lowest BCUT2D eigenvalue weighted by atomic mass is 9.81. The van der Waals surface area contributed by atoms with Gasteiger partial charge in [0.15, 0.2) is 0 Å². The number of nitrogens with one attached hydrogen (secondary N) is 1. The Kier molecular flexibility index (Phi) is 5.23. The van der Waals surface area contributed by atoms with Crippen LogP contribution in [0.3, 0.4) is 0 Å². The third-order valence-electron chi connectivity index (χ3n) is 5.25. The van der Waals surface area contributed by atoms with Crippen molar-refractivity contribution in [2.24, 2.45) is 0 Å². The summed E-state index contributed by atoms with van der Waals surface area (Å²) in [5, 5.41) is 3.10. The van der Waals surface area contributed by atoms with E-state index in [0.717, 1.165) is 37.2 Å². The van der Waals surface area contributed by atoms with Crippen molar-refractivity contribution in [2.45, 2.75) is 70.4 Å². The zero-order valence-electron chi connectivity index (χ0n) is 13.5. The fraction of sp³-hybridized carbons (Fsp3) is 0.875. The van der Waals surface area contributed by atoms with Gasteiger partial charge in [-0.3, -0.25) is 9.59 Å². The van der Waals surface area contributed by atoms with Crippen LogP contribution in [0.2, 0.25) is 0 Å². The Labute approximate surface area is 132 Å². The number of rotatable bonds is 6. The second-order valence-corrected chi connectivity index (χ2v) is 7.53. The number of piperazine rings is 1. The van der Waals surface area contributed by atoms with Gasteiger partial charge in [0.2, 0.25) is 11.8 Å². The summed E-state index contributed by atoms with van der Waals surface area (Å²) < 4.78 is 0. The van der Waals surface area contributed by atoms with Crippen molar-refractivity contribution in [1.29, 1.82) is 0 Å². The first-order chi connectivity index (χ1) is 10.1. The van der Waals surface area contributed by atoms with Crippen LogP contribution >= 0.6 is 11.8 Å². The quantitative estimate of drug-likeness (QED) is 0.767. The summed E-state index contributed by atoms with van der Waals surface area (Å²) in [4.78, 5) is 27.9. The molecule has 1 saturated carbocycles. The Bertz CT molecular complexity index is 401. The van der Waals surface area contributed by atoms with Crippen molar-refractivity contribution in [3.05, 3.63) is 0 Å². The molecule has 4 nitrogen and oxygen atoms in total. The van der Waals surface area contributed by atoms with Gasteiger partial charge in [0.05, 0.1) is 0 Å². The minimum Gasteiger partial charge on any atom is -0.340 e. The first kappa shape index (κ1) is 16.7. The number of hydrogen-bond acceptors (Lipinski definition) is 3. The van der Waals surface area contributed by atoms with Crippen LogP contribution in [0.5, 0.6) is 0 Å². The van der Waals surface area contributed by atoms with E-state index >= 15 is 0 Å². The molecule has 21 heavy (non-hydrogen) atoms. The van der Waals surface area contributed by atoms with E-state index in [1.165, 1.54) is 0 Å². The third kappa shape index (κ3) is 2.69. The first-order valence-corrected chi connectivity index (χ1v) is 9.44. The average molecular weight is 312 g/mol. The summed E-state index contributed by atoms with van der Waals surface area (Å²) >= 11 is 1.84. The molecule has 2 fully saturated rings. The number of amides is 2. The summed E-state index contributed by atoms with van der Waals surface area (Å²) in [6.45, 7) is 6.82. The van der Waals surface area contributed by atoms with E-state index in [1.54, 1.807) is 0 Å². The lowest BCUT2D eigenvalue weighted by Gasteiger charge is -2.51. The van der Waals surface area contributed by atoms with Crippen LogP contribution in [0.15, 0.2) is 0 Å². The van der Waals surface area contributed by atoms with Gasteiger partial charge >= 0.3 is 0 Å². The Balaban J connectivity index is 2.30. The van der Waals surface area contributed by atoms with Gasteiger partial charge in [-0.15, -0.1) is 0 Å². The number of hydrogen-bond donors (Lipinski definition) is 1. The van der Waals surface area contributed by atoms with E-state index in [1.807, 2.05) is 30.5 Å². The third-order valence-corrected chi connectivity index (χ3v) is 6.13. The van der Waals surface area contributed by atoms with E-state index in [-0.39, 0.29) is 11.8 Å². The molecular weight excluding hydrogens is 284 g/mol. The lowest BCUT2D eigenvalue weighted by Crippen LogP contribution is -2.75. The molecule has 0 atom stereocenters. The van der Waals surface area contributed by atoms with E-state index < -0.39 is 11.1 Å². The van der Waals surface area contributed by atoms with Crippen molar-refractivity contribution in [2.75, 3.05) is 18.1 Å². The predicted molar refractivity (Wildman–Crippen MR) is 87.4 cm³/mol. The fourth-order valence-corrected chi connectivity index (χ4v) is 4.36. The molecular formula is C16H28N2O2S. The highest BCUT2D eigenvalue weighted by Crippen LogP contribution is 2.41. The van der Waals surface area contributed by atoms with Crippen LogP contribution in [0.4, 0.5) is 0 Å². The molecule has 2 amide bonds. The maximum Gasteiger partial charge on any atom is 0.249 e. The maximum atomic E-state index is 13.1. The summed E-state index contributed by atoms with van der Waals surface area (Å²) in [7, 11) is 0. The molecule has 0 unspecified atom stereocenters. The lowest BCUT2D eigenvalue weighted by molar-refractivity contribution is -0.163. The fourth-order valence-electron chi connectivity index (χ4n) is 3.76. The average Bonchev–Trinajstić information content (AvgIpc) is 2.98. The Morgan fingerprint density at radius 3 is 2.29 bits per heavy atom. The molecule has 0 bridgehead atoms. The molecule has 1 saturated heterocycles. The molecule has 1 aliphatic heterocycles. The number of thioether (sulfide) groups is 1. The zero-order valence-corrected chi connectivity index (χ0v) is 14.4. The highest BCUT2D eigenvalue weighted by atomic mass is 32.2. The highest BCUT2D eigenvalue weighted by Gasteiger charge is 2.57. The normalized spacial score (nSPS) is 23.7. The smallest absolute Gasteiger partial charge is 0.249 e. The number of carbonyl (C=O) groups is 2. The minimum atomic E-state index is -0.679. The van der Waals surface area contributed by atoms with E-state index in [0.29, 0.717) is 19.4 Å². The number of nitrogens with zero attached hydrogens (tertiary/aromatic N) is 1. The second kappa shape index (κ2) is 6.59. The molecule has 1 spiro atoms. The summed E-state index contributed by atoms with van der Waals surface area (Å²) in [6.07, 6.45) is 5.08. The SMILES string of the molecule is CCSCCN1C(=O)C(CC)(CC)NC(=O)C12CCCC2. The monoisotopic (exact) mass is 312 g/mol. The van der Waals surface area contributed by atoms with Gasteiger partial charge < -0.3 is 10.2 Å². The van der Waals surface area contributed by atoms with E-state index in [2.05, 4.69) is 12.2 Å². The van der Waals surface area contributed by atoms with Gasteiger partial charge in [0, 0.05) is 12.3 Å². The van der Waals surface area contributed by atoms with E-state index in [9.17, 15) is 9.59 Å². The standard InChI is InChI=1S/C16H28N2O2S/c1-4-15(5-2)14(20)18(11-12-21-6-3)16(13(19)17-15)9-7-8-10-16/h4-12H2,1-3H3,(H,17,19). The summed E-state index contributed by atoms with van der Waals surface area (Å²) in [6, 6.07) is 0. The van der Waals surface area contributed by atoms with Gasteiger partial charge in [-0.05, 0) is 31.4 Å². The zero-order chi connectivity index (χ0) is 15.5. The minimum absolute atomic E-state index is 0.0878. The Hall–Kier alpha value is -0.710. The van der Waals surface area contributed by atoms with Gasteiger partial charge in [0.1, 0.15) is 11.1 Å². The van der Waals surface area contributed by atoms with Crippen molar-refractivity contribution in [3.8, 4) is 0 Å². The highest BCUT2D eigenvalue weighted by molar-refractivity contribution is 7.99. The van der Waals surface area contributed by atoms with Gasteiger partial charge in [-0.1, -0.05) is 33.6 Å². The molecule has 120 valence electrons. The summed E-state index contributed by atoms with van der Waals surface area (Å²) in [5.41, 5.74) is -1.24. The van der Waals surface area contributed by atoms with Crippen LogP contribution in [-0.4, -0.2) is 45.8 Å². The summed E-state index contributed by atoms with van der Waals surface area (Å²) in [5.74, 6) is 2.20. The Morgan fingerprint density at radius 1 is 1.14 bits per heavy atom. The largest absolute Gasteiger partial charge is 0.340 e. The van der Waals surface area contributed by atoms with Crippen LogP contribution in [0.1, 0.15) is 59.3 Å². The maximum absolute atomic E-state index is 13.1. The Morgan fingerprint density at radius 2 is 1.76 bits per heavy atom. The molecule has 1 aliphatic carbocycles. The number of carbonyl (C=O) groups excluding carboxylic acids is 2. The molecule has 0 aromatic carbocycles. The molecule has 1 heterocycles. The molecule has 0 aromatic rings. The molecule has 0 radical (unpaired) electrons. The second-order valence-electron chi connectivity index (χ2n) is 6.14. The van der Waals surface area contributed by atoms with Crippen molar-refractivity contribution < 1.29 is 9.59 Å². The van der Waals surface area contributed by atoms with Gasteiger partial charge in [0.25, 0.3) is 0 Å². The van der Waals surface area contributed by atoms with Crippen LogP contribution in [0.25, 0.3) is 0 Å². The van der Waals surface area contributed by atoms with Crippen molar-refractivity contribution >= 4 is 23.6 Å². The van der Waals surface area contributed by atoms with Crippen molar-refractivity contribution in [3.63, 3.8) is 0 Å². The predicted octanol–water partition coefficient (Wildman–Crippen LogP) is 2.57. The molecule has 2 rings (SSSR count). The molecule has 5 heteroatoms. The molecule has 2 aliphatic rings. The van der Waals surface area contributed by atoms with E-state index in [4.69, 9.17) is 0 Å². The van der Waals surface area contributed by atoms with Gasteiger partial charge in [-0.2, -0.15) is 11.8 Å². The van der Waals surface area contributed by atoms with Crippen LogP contribution < -0.4 is 5.32 Å². The van der Waals surface area contributed by atoms with Crippen molar-refractivity contribution in [1.82, 2.24) is 10.2 Å². The first-order valence-electron chi connectivity index (χ1n) is 8.28. The van der Waals surface area contributed by atoms with Crippen LogP contribution in [0, 0.1) is 0 Å². The molecule has 1 N–H and O–H groups in total. The van der Waals surface area contributed by atoms with Gasteiger partial charge in [-0.25, -0.2) is 0 Å².